The Morgan fingerprint density at radius 1 is 1.65 bits per heavy atom. The first-order chi connectivity index (χ1) is 8.01. The summed E-state index contributed by atoms with van der Waals surface area (Å²) in [6, 6.07) is 5.58. The van der Waals surface area contributed by atoms with Crippen molar-refractivity contribution in [3.05, 3.63) is 29.0 Å². The maximum absolute atomic E-state index is 11.1. The highest BCUT2D eigenvalue weighted by atomic mass is 35.5. The molecule has 1 unspecified atom stereocenters. The molecule has 1 atom stereocenters. The number of carbonyl (C=O) groups is 1. The van der Waals surface area contributed by atoms with Crippen molar-refractivity contribution in [3.8, 4) is 6.07 Å². The van der Waals surface area contributed by atoms with Gasteiger partial charge >= 0.3 is 5.97 Å². The smallest absolute Gasteiger partial charge is 0.305 e. The van der Waals surface area contributed by atoms with E-state index in [1.54, 1.807) is 25.3 Å². The molecule has 0 N–H and O–H groups in total. The lowest BCUT2D eigenvalue weighted by Gasteiger charge is -2.20. The van der Waals surface area contributed by atoms with Crippen LogP contribution in [0.2, 0.25) is 5.15 Å². The highest BCUT2D eigenvalue weighted by Crippen LogP contribution is 2.28. The number of hydrogen-bond donors (Lipinski definition) is 0. The Labute approximate surface area is 105 Å². The number of hydrogen-bond acceptors (Lipinski definition) is 4. The van der Waals surface area contributed by atoms with Crippen molar-refractivity contribution >= 4 is 17.6 Å². The molecular weight excluding hydrogens is 240 g/mol. The van der Waals surface area contributed by atoms with E-state index in [0.717, 1.165) is 5.56 Å². The fourth-order valence-electron chi connectivity index (χ4n) is 1.42. The standard InChI is InChI=1S/C12H13ClN2O2/c1-12(8-14,6-5-11(16)17-2)9-3-4-10(13)15-7-9/h3-4,7H,5-6H2,1-2H3. The summed E-state index contributed by atoms with van der Waals surface area (Å²) in [6.45, 7) is 1.76. The van der Waals surface area contributed by atoms with Crippen LogP contribution in [0.5, 0.6) is 0 Å². The van der Waals surface area contributed by atoms with Gasteiger partial charge in [-0.2, -0.15) is 5.26 Å². The molecule has 1 heterocycles. The van der Waals surface area contributed by atoms with Gasteiger partial charge in [-0.25, -0.2) is 4.98 Å². The SMILES string of the molecule is COC(=O)CCC(C)(C#N)c1ccc(Cl)nc1. The fourth-order valence-corrected chi connectivity index (χ4v) is 1.53. The third kappa shape index (κ3) is 3.43. The molecule has 0 bridgehead atoms. The number of ether oxygens (including phenoxy) is 1. The van der Waals surface area contributed by atoms with Crippen LogP contribution in [0.3, 0.4) is 0 Å². The topological polar surface area (TPSA) is 63.0 Å². The second-order valence-electron chi connectivity index (χ2n) is 3.89. The molecule has 0 saturated carbocycles. The zero-order valence-corrected chi connectivity index (χ0v) is 10.5. The number of rotatable bonds is 4. The van der Waals surface area contributed by atoms with Gasteiger partial charge in [0.1, 0.15) is 5.15 Å². The summed E-state index contributed by atoms with van der Waals surface area (Å²) in [7, 11) is 1.33. The molecule has 90 valence electrons. The maximum atomic E-state index is 11.1. The molecule has 0 aliphatic rings. The average Bonchev–Trinajstić information content (AvgIpc) is 2.36. The molecule has 1 aromatic rings. The molecule has 5 heteroatoms. The van der Waals surface area contributed by atoms with Crippen LogP contribution in [-0.4, -0.2) is 18.1 Å². The quantitative estimate of drug-likeness (QED) is 0.610. The minimum atomic E-state index is -0.758. The molecule has 0 amide bonds. The van der Waals surface area contributed by atoms with E-state index < -0.39 is 5.41 Å². The second kappa shape index (κ2) is 5.65. The first-order valence-electron chi connectivity index (χ1n) is 5.12. The van der Waals surface area contributed by atoms with Crippen LogP contribution in [0.25, 0.3) is 0 Å². The Hall–Kier alpha value is -1.60. The summed E-state index contributed by atoms with van der Waals surface area (Å²) in [6.07, 6.45) is 2.14. The van der Waals surface area contributed by atoms with E-state index in [9.17, 15) is 10.1 Å². The van der Waals surface area contributed by atoms with Crippen LogP contribution >= 0.6 is 11.6 Å². The summed E-state index contributed by atoms with van der Waals surface area (Å²) in [5.41, 5.74) is -0.0144. The van der Waals surface area contributed by atoms with Gasteiger partial charge in [-0.15, -0.1) is 0 Å². The molecule has 1 aromatic heterocycles. The zero-order chi connectivity index (χ0) is 12.9. The van der Waals surface area contributed by atoms with Gasteiger partial charge in [0, 0.05) is 12.6 Å². The summed E-state index contributed by atoms with van der Waals surface area (Å²) in [5.74, 6) is -0.326. The normalized spacial score (nSPS) is 13.5. The van der Waals surface area contributed by atoms with Crippen molar-refractivity contribution in [1.82, 2.24) is 4.98 Å². The molecule has 4 nitrogen and oxygen atoms in total. The molecule has 0 spiro atoms. The number of aromatic nitrogens is 1. The molecule has 0 aliphatic carbocycles. The van der Waals surface area contributed by atoms with Crippen molar-refractivity contribution in [1.29, 1.82) is 5.26 Å². The first-order valence-corrected chi connectivity index (χ1v) is 5.50. The van der Waals surface area contributed by atoms with Gasteiger partial charge in [-0.1, -0.05) is 17.7 Å². The first kappa shape index (κ1) is 13.5. The Kier molecular flexibility index (Phi) is 4.47. The molecule has 1 rings (SSSR count). The monoisotopic (exact) mass is 252 g/mol. The van der Waals surface area contributed by atoms with E-state index >= 15 is 0 Å². The minimum Gasteiger partial charge on any atom is -0.469 e. The number of methoxy groups -OCH3 is 1. The van der Waals surface area contributed by atoms with Crippen molar-refractivity contribution in [2.75, 3.05) is 7.11 Å². The third-order valence-electron chi connectivity index (χ3n) is 2.67. The fraction of sp³-hybridized carbons (Fsp3) is 0.417. The number of halogens is 1. The zero-order valence-electron chi connectivity index (χ0n) is 9.74. The van der Waals surface area contributed by atoms with Crippen molar-refractivity contribution in [2.45, 2.75) is 25.2 Å². The summed E-state index contributed by atoms with van der Waals surface area (Å²) in [5, 5.41) is 9.61. The van der Waals surface area contributed by atoms with Crippen LogP contribution < -0.4 is 0 Å². The Morgan fingerprint density at radius 2 is 2.35 bits per heavy atom. The second-order valence-corrected chi connectivity index (χ2v) is 4.28. The number of nitrogens with zero attached hydrogens (tertiary/aromatic N) is 2. The van der Waals surface area contributed by atoms with E-state index in [4.69, 9.17) is 11.6 Å². The third-order valence-corrected chi connectivity index (χ3v) is 2.89. The van der Waals surface area contributed by atoms with E-state index in [1.807, 2.05) is 0 Å². The maximum Gasteiger partial charge on any atom is 0.305 e. The summed E-state index contributed by atoms with van der Waals surface area (Å²) in [4.78, 5) is 15.0. The Bertz CT molecular complexity index is 439. The number of carbonyl (C=O) groups excluding carboxylic acids is 1. The average molecular weight is 253 g/mol. The Morgan fingerprint density at radius 3 is 2.82 bits per heavy atom. The largest absolute Gasteiger partial charge is 0.469 e. The number of nitriles is 1. The molecule has 0 aliphatic heterocycles. The van der Waals surface area contributed by atoms with Gasteiger partial charge in [0.05, 0.1) is 18.6 Å². The van der Waals surface area contributed by atoms with E-state index in [0.29, 0.717) is 11.6 Å². The number of esters is 1. The molecule has 0 fully saturated rings. The van der Waals surface area contributed by atoms with Crippen LogP contribution in [0.1, 0.15) is 25.3 Å². The molecular formula is C12H13ClN2O2. The van der Waals surface area contributed by atoms with Gasteiger partial charge in [0.15, 0.2) is 0 Å². The number of pyridine rings is 1. The Balaban J connectivity index is 2.85. The van der Waals surface area contributed by atoms with E-state index in [1.165, 1.54) is 7.11 Å². The molecule has 0 radical (unpaired) electrons. The van der Waals surface area contributed by atoms with Crippen LogP contribution in [0.15, 0.2) is 18.3 Å². The highest BCUT2D eigenvalue weighted by molar-refractivity contribution is 6.29. The molecule has 0 saturated heterocycles. The van der Waals surface area contributed by atoms with Crippen LogP contribution in [0.4, 0.5) is 0 Å². The van der Waals surface area contributed by atoms with Gasteiger partial charge in [-0.3, -0.25) is 4.79 Å². The summed E-state index contributed by atoms with van der Waals surface area (Å²) < 4.78 is 4.56. The highest BCUT2D eigenvalue weighted by Gasteiger charge is 2.27. The van der Waals surface area contributed by atoms with Gasteiger partial charge in [-0.05, 0) is 25.0 Å². The van der Waals surface area contributed by atoms with Crippen molar-refractivity contribution in [2.24, 2.45) is 0 Å². The lowest BCUT2D eigenvalue weighted by molar-refractivity contribution is -0.140. The lowest BCUT2D eigenvalue weighted by atomic mass is 9.81. The summed E-state index contributed by atoms with van der Waals surface area (Å²) >= 11 is 5.69. The molecule has 0 aromatic carbocycles. The van der Waals surface area contributed by atoms with Crippen LogP contribution in [-0.2, 0) is 14.9 Å². The lowest BCUT2D eigenvalue weighted by Crippen LogP contribution is -2.21. The van der Waals surface area contributed by atoms with Crippen molar-refractivity contribution < 1.29 is 9.53 Å². The van der Waals surface area contributed by atoms with E-state index in [-0.39, 0.29) is 12.4 Å². The van der Waals surface area contributed by atoms with Gasteiger partial charge < -0.3 is 4.74 Å². The van der Waals surface area contributed by atoms with Gasteiger partial charge in [0.25, 0.3) is 0 Å². The predicted molar refractivity (Wildman–Crippen MR) is 63.5 cm³/mol. The van der Waals surface area contributed by atoms with Crippen molar-refractivity contribution in [3.63, 3.8) is 0 Å². The minimum absolute atomic E-state index is 0.198. The van der Waals surface area contributed by atoms with Crippen LogP contribution in [0, 0.1) is 11.3 Å². The van der Waals surface area contributed by atoms with E-state index in [2.05, 4.69) is 15.8 Å². The van der Waals surface area contributed by atoms with Gasteiger partial charge in [0.2, 0.25) is 0 Å². The molecule has 17 heavy (non-hydrogen) atoms. The predicted octanol–water partition coefficient (Wildman–Crippen LogP) is 2.47.